The SMILES string of the molecule is Fc1cc(NCc2ccccc2F)ccc1Br. The Hall–Kier alpha value is -1.42. The van der Waals surface area contributed by atoms with Crippen molar-refractivity contribution in [3.8, 4) is 0 Å². The van der Waals surface area contributed by atoms with Gasteiger partial charge in [-0.05, 0) is 40.2 Å². The monoisotopic (exact) mass is 297 g/mol. The summed E-state index contributed by atoms with van der Waals surface area (Å²) in [6.07, 6.45) is 0. The summed E-state index contributed by atoms with van der Waals surface area (Å²) in [5, 5.41) is 2.97. The maximum atomic E-state index is 13.3. The van der Waals surface area contributed by atoms with Gasteiger partial charge in [0.1, 0.15) is 11.6 Å². The minimum Gasteiger partial charge on any atom is -0.381 e. The standard InChI is InChI=1S/C13H10BrF2N/c14-11-6-5-10(7-13(11)16)17-8-9-3-1-2-4-12(9)15/h1-7,17H,8H2. The van der Waals surface area contributed by atoms with Gasteiger partial charge < -0.3 is 5.32 Å². The van der Waals surface area contributed by atoms with E-state index in [1.807, 2.05) is 0 Å². The van der Waals surface area contributed by atoms with E-state index in [2.05, 4.69) is 21.2 Å². The molecule has 0 saturated heterocycles. The van der Waals surface area contributed by atoms with Crippen molar-refractivity contribution < 1.29 is 8.78 Å². The summed E-state index contributed by atoms with van der Waals surface area (Å²) in [4.78, 5) is 0. The maximum Gasteiger partial charge on any atom is 0.139 e. The van der Waals surface area contributed by atoms with E-state index in [0.29, 0.717) is 22.3 Å². The van der Waals surface area contributed by atoms with Crippen LogP contribution in [0.25, 0.3) is 0 Å². The van der Waals surface area contributed by atoms with Gasteiger partial charge in [-0.1, -0.05) is 18.2 Å². The zero-order chi connectivity index (χ0) is 12.3. The number of nitrogens with one attached hydrogen (secondary N) is 1. The molecule has 0 spiro atoms. The van der Waals surface area contributed by atoms with Crippen molar-refractivity contribution >= 4 is 21.6 Å². The smallest absolute Gasteiger partial charge is 0.139 e. The molecule has 0 aliphatic heterocycles. The molecule has 0 aliphatic carbocycles. The van der Waals surface area contributed by atoms with Crippen LogP contribution in [0, 0.1) is 11.6 Å². The topological polar surface area (TPSA) is 12.0 Å². The van der Waals surface area contributed by atoms with Crippen molar-refractivity contribution in [2.24, 2.45) is 0 Å². The molecule has 1 N–H and O–H groups in total. The van der Waals surface area contributed by atoms with Crippen LogP contribution in [0.5, 0.6) is 0 Å². The molecule has 0 amide bonds. The fraction of sp³-hybridized carbons (Fsp3) is 0.0769. The largest absolute Gasteiger partial charge is 0.381 e. The fourth-order valence-electron chi connectivity index (χ4n) is 1.45. The third-order valence-electron chi connectivity index (χ3n) is 2.36. The first-order chi connectivity index (χ1) is 8.16. The second-order valence-electron chi connectivity index (χ2n) is 3.57. The lowest BCUT2D eigenvalue weighted by atomic mass is 10.2. The van der Waals surface area contributed by atoms with Crippen LogP contribution in [0.15, 0.2) is 46.9 Å². The first-order valence-electron chi connectivity index (χ1n) is 5.09. The minimum atomic E-state index is -0.344. The molecule has 88 valence electrons. The molecule has 2 rings (SSSR count). The van der Waals surface area contributed by atoms with Gasteiger partial charge in [-0.15, -0.1) is 0 Å². The highest BCUT2D eigenvalue weighted by molar-refractivity contribution is 9.10. The van der Waals surface area contributed by atoms with Gasteiger partial charge in [0.05, 0.1) is 4.47 Å². The Bertz CT molecular complexity index is 529. The van der Waals surface area contributed by atoms with Crippen LogP contribution >= 0.6 is 15.9 Å². The highest BCUT2D eigenvalue weighted by Gasteiger charge is 2.02. The van der Waals surface area contributed by atoms with E-state index < -0.39 is 0 Å². The molecule has 2 aromatic rings. The van der Waals surface area contributed by atoms with Crippen molar-refractivity contribution in [1.29, 1.82) is 0 Å². The Labute approximate surface area is 107 Å². The molecule has 0 saturated carbocycles. The molecule has 2 aromatic carbocycles. The summed E-state index contributed by atoms with van der Waals surface area (Å²) >= 11 is 3.07. The molecule has 0 aromatic heterocycles. The van der Waals surface area contributed by atoms with Crippen molar-refractivity contribution in [2.45, 2.75) is 6.54 Å². The van der Waals surface area contributed by atoms with Crippen molar-refractivity contribution in [3.63, 3.8) is 0 Å². The molecule has 0 radical (unpaired) electrons. The van der Waals surface area contributed by atoms with Gasteiger partial charge in [0.2, 0.25) is 0 Å². The van der Waals surface area contributed by atoms with Gasteiger partial charge in [-0.3, -0.25) is 0 Å². The molecule has 0 fully saturated rings. The zero-order valence-electron chi connectivity index (χ0n) is 8.88. The van der Waals surface area contributed by atoms with E-state index in [0.717, 1.165) is 0 Å². The predicted octanol–water partition coefficient (Wildman–Crippen LogP) is 4.34. The Kier molecular flexibility index (Phi) is 3.74. The molecule has 1 nitrogen and oxygen atoms in total. The van der Waals surface area contributed by atoms with Crippen LogP contribution in [0.2, 0.25) is 0 Å². The summed E-state index contributed by atoms with van der Waals surface area (Å²) in [5.74, 6) is -0.610. The second kappa shape index (κ2) is 5.27. The van der Waals surface area contributed by atoms with E-state index in [1.165, 1.54) is 12.1 Å². The lowest BCUT2D eigenvalue weighted by Gasteiger charge is -2.07. The summed E-state index contributed by atoms with van der Waals surface area (Å²) in [5.41, 5.74) is 1.17. The van der Waals surface area contributed by atoms with Crippen LogP contribution in [-0.4, -0.2) is 0 Å². The summed E-state index contributed by atoms with van der Waals surface area (Å²) < 4.78 is 26.9. The average molecular weight is 298 g/mol. The first kappa shape index (κ1) is 12.0. The molecule has 17 heavy (non-hydrogen) atoms. The van der Waals surface area contributed by atoms with E-state index >= 15 is 0 Å². The number of halogens is 3. The molecule has 4 heteroatoms. The number of hydrogen-bond acceptors (Lipinski definition) is 1. The lowest BCUT2D eigenvalue weighted by Crippen LogP contribution is -2.01. The van der Waals surface area contributed by atoms with Crippen LogP contribution in [0.4, 0.5) is 14.5 Å². The molecule has 0 aliphatic rings. The van der Waals surface area contributed by atoms with Gasteiger partial charge in [-0.25, -0.2) is 8.78 Å². The van der Waals surface area contributed by atoms with E-state index in [9.17, 15) is 8.78 Å². The molecule has 0 unspecified atom stereocenters. The van der Waals surface area contributed by atoms with Crippen LogP contribution < -0.4 is 5.32 Å². The lowest BCUT2D eigenvalue weighted by molar-refractivity contribution is 0.612. The third kappa shape index (κ3) is 3.03. The average Bonchev–Trinajstić information content (AvgIpc) is 2.32. The predicted molar refractivity (Wildman–Crippen MR) is 67.8 cm³/mol. The fourth-order valence-corrected chi connectivity index (χ4v) is 1.69. The number of anilines is 1. The Morgan fingerprint density at radius 2 is 1.76 bits per heavy atom. The summed E-state index contributed by atoms with van der Waals surface area (Å²) in [6, 6.07) is 11.2. The first-order valence-corrected chi connectivity index (χ1v) is 5.88. The summed E-state index contributed by atoms with van der Waals surface area (Å²) in [6.45, 7) is 0.327. The van der Waals surface area contributed by atoms with Gasteiger partial charge in [-0.2, -0.15) is 0 Å². The van der Waals surface area contributed by atoms with Gasteiger partial charge >= 0.3 is 0 Å². The van der Waals surface area contributed by atoms with Gasteiger partial charge in [0, 0.05) is 17.8 Å². The number of hydrogen-bond donors (Lipinski definition) is 1. The van der Waals surface area contributed by atoms with Crippen molar-refractivity contribution in [2.75, 3.05) is 5.32 Å². The highest BCUT2D eigenvalue weighted by atomic mass is 79.9. The Morgan fingerprint density at radius 3 is 2.47 bits per heavy atom. The van der Waals surface area contributed by atoms with E-state index in [1.54, 1.807) is 30.3 Å². The second-order valence-corrected chi connectivity index (χ2v) is 4.43. The van der Waals surface area contributed by atoms with Crippen LogP contribution in [-0.2, 0) is 6.54 Å². The highest BCUT2D eigenvalue weighted by Crippen LogP contribution is 2.20. The van der Waals surface area contributed by atoms with Gasteiger partial charge in [0.15, 0.2) is 0 Å². The van der Waals surface area contributed by atoms with E-state index in [4.69, 9.17) is 0 Å². The minimum absolute atomic E-state index is 0.266. The third-order valence-corrected chi connectivity index (χ3v) is 3.00. The van der Waals surface area contributed by atoms with Crippen molar-refractivity contribution in [3.05, 3.63) is 64.1 Å². The molecular weight excluding hydrogens is 288 g/mol. The molecule has 0 atom stereocenters. The Morgan fingerprint density at radius 1 is 1.00 bits per heavy atom. The number of benzene rings is 2. The van der Waals surface area contributed by atoms with Crippen molar-refractivity contribution in [1.82, 2.24) is 0 Å². The molecular formula is C13H10BrF2N. The quantitative estimate of drug-likeness (QED) is 0.889. The van der Waals surface area contributed by atoms with Crippen LogP contribution in [0.3, 0.4) is 0 Å². The Balaban J connectivity index is 2.08. The van der Waals surface area contributed by atoms with E-state index in [-0.39, 0.29) is 11.6 Å². The maximum absolute atomic E-state index is 13.3. The normalized spacial score (nSPS) is 10.3. The zero-order valence-corrected chi connectivity index (χ0v) is 10.5. The molecule has 0 heterocycles. The number of rotatable bonds is 3. The van der Waals surface area contributed by atoms with Gasteiger partial charge in [0.25, 0.3) is 0 Å². The van der Waals surface area contributed by atoms with Crippen LogP contribution in [0.1, 0.15) is 5.56 Å². The molecule has 0 bridgehead atoms. The summed E-state index contributed by atoms with van der Waals surface area (Å²) in [7, 11) is 0.